The second-order valence-electron chi connectivity index (χ2n) is 6.77. The van der Waals surface area contributed by atoms with Crippen LogP contribution in [0.5, 0.6) is 5.75 Å². The van der Waals surface area contributed by atoms with E-state index in [1.54, 1.807) is 0 Å². The van der Waals surface area contributed by atoms with Gasteiger partial charge < -0.3 is 15.2 Å². The van der Waals surface area contributed by atoms with Crippen molar-refractivity contribution >= 4 is 16.7 Å². The van der Waals surface area contributed by atoms with Gasteiger partial charge in [0, 0.05) is 6.54 Å². The summed E-state index contributed by atoms with van der Waals surface area (Å²) in [5.41, 5.74) is 0.552. The molecule has 0 saturated heterocycles. The van der Waals surface area contributed by atoms with Crippen LogP contribution < -0.4 is 10.1 Å². The van der Waals surface area contributed by atoms with Gasteiger partial charge in [0.1, 0.15) is 5.75 Å². The van der Waals surface area contributed by atoms with E-state index >= 15 is 0 Å². The number of fused-ring (bicyclic) bond motifs is 1. The zero-order chi connectivity index (χ0) is 17.6. The number of benzene rings is 2. The summed E-state index contributed by atoms with van der Waals surface area (Å²) >= 11 is 0. The number of rotatable bonds is 6. The Hall–Kier alpha value is -2.07. The van der Waals surface area contributed by atoms with Crippen LogP contribution in [-0.2, 0) is 0 Å². The van der Waals surface area contributed by atoms with E-state index in [-0.39, 0.29) is 12.5 Å². The second-order valence-corrected chi connectivity index (χ2v) is 6.77. The normalized spacial score (nSPS) is 16.6. The minimum absolute atomic E-state index is 0.185. The first-order valence-electron chi connectivity index (χ1n) is 9.31. The van der Waals surface area contributed by atoms with Crippen LogP contribution >= 0.6 is 0 Å². The highest BCUT2D eigenvalue weighted by Gasteiger charge is 2.23. The lowest BCUT2D eigenvalue weighted by Crippen LogP contribution is -2.37. The first-order valence-corrected chi connectivity index (χ1v) is 9.31. The largest absolute Gasteiger partial charge is 0.493 e. The van der Waals surface area contributed by atoms with Crippen molar-refractivity contribution in [1.29, 1.82) is 0 Å². The van der Waals surface area contributed by atoms with Gasteiger partial charge in [-0.1, -0.05) is 49.6 Å². The molecule has 1 saturated carbocycles. The van der Waals surface area contributed by atoms with Gasteiger partial charge in [-0.05, 0) is 42.5 Å². The lowest BCUT2D eigenvalue weighted by Gasteiger charge is -2.26. The lowest BCUT2D eigenvalue weighted by molar-refractivity contribution is 0.0737. The third-order valence-electron chi connectivity index (χ3n) is 5.08. The molecule has 2 N–H and O–H groups in total. The Balaban J connectivity index is 1.77. The number of carbonyl (C=O) groups excluding carboxylic acids is 1. The molecule has 0 heterocycles. The van der Waals surface area contributed by atoms with Crippen LogP contribution in [0.4, 0.5) is 0 Å². The molecule has 0 radical (unpaired) electrons. The van der Waals surface area contributed by atoms with Crippen molar-refractivity contribution in [3.8, 4) is 5.75 Å². The summed E-state index contributed by atoms with van der Waals surface area (Å²) in [5, 5.41) is 15.2. The molecule has 1 unspecified atom stereocenters. The van der Waals surface area contributed by atoms with Crippen LogP contribution in [0.25, 0.3) is 10.8 Å². The van der Waals surface area contributed by atoms with Crippen molar-refractivity contribution in [3.63, 3.8) is 0 Å². The van der Waals surface area contributed by atoms with Crippen molar-refractivity contribution in [1.82, 2.24) is 5.32 Å². The molecule has 1 amide bonds. The minimum atomic E-state index is -0.477. The molecule has 25 heavy (non-hydrogen) atoms. The topological polar surface area (TPSA) is 58.6 Å². The van der Waals surface area contributed by atoms with E-state index in [0.717, 1.165) is 23.6 Å². The quantitative estimate of drug-likeness (QED) is 0.837. The molecule has 0 spiro atoms. The van der Waals surface area contributed by atoms with Crippen molar-refractivity contribution < 1.29 is 14.6 Å². The monoisotopic (exact) mass is 341 g/mol. The maximum Gasteiger partial charge on any atom is 0.255 e. The third kappa shape index (κ3) is 4.13. The summed E-state index contributed by atoms with van der Waals surface area (Å²) in [6.45, 7) is 2.70. The molecule has 3 rings (SSSR count). The zero-order valence-corrected chi connectivity index (χ0v) is 14.8. The van der Waals surface area contributed by atoms with Gasteiger partial charge in [0.15, 0.2) is 0 Å². The predicted molar refractivity (Wildman–Crippen MR) is 100 cm³/mol. The molecule has 4 nitrogen and oxygen atoms in total. The SMILES string of the molecule is CCOc1ccc2ccccc2c1C(=O)NCC(O)C1CCCCC1. The number of hydrogen-bond donors (Lipinski definition) is 2. The Kier molecular flexibility index (Phi) is 5.92. The fraction of sp³-hybridized carbons (Fsp3) is 0.476. The smallest absolute Gasteiger partial charge is 0.255 e. The highest BCUT2D eigenvalue weighted by Crippen LogP contribution is 2.29. The standard InChI is InChI=1S/C21H27NO3/c1-2-25-19-13-12-15-8-6-7-11-17(15)20(19)21(24)22-14-18(23)16-9-4-3-5-10-16/h6-8,11-13,16,18,23H,2-5,9-10,14H2,1H3,(H,22,24). The molecule has 0 bridgehead atoms. The first kappa shape index (κ1) is 17.7. The Morgan fingerprint density at radius 2 is 1.96 bits per heavy atom. The molecule has 1 aliphatic carbocycles. The van der Waals surface area contributed by atoms with Gasteiger partial charge in [0.2, 0.25) is 0 Å². The van der Waals surface area contributed by atoms with Crippen LogP contribution in [0.2, 0.25) is 0 Å². The van der Waals surface area contributed by atoms with E-state index in [1.165, 1.54) is 19.3 Å². The van der Waals surface area contributed by atoms with Crippen LogP contribution in [0.1, 0.15) is 49.4 Å². The van der Waals surface area contributed by atoms with Gasteiger partial charge in [-0.15, -0.1) is 0 Å². The number of carbonyl (C=O) groups is 1. The van der Waals surface area contributed by atoms with Gasteiger partial charge in [0.25, 0.3) is 5.91 Å². The van der Waals surface area contributed by atoms with Crippen molar-refractivity contribution in [2.45, 2.75) is 45.1 Å². The minimum Gasteiger partial charge on any atom is -0.493 e. The number of aliphatic hydroxyl groups excluding tert-OH is 1. The van der Waals surface area contributed by atoms with E-state index in [4.69, 9.17) is 4.74 Å². The van der Waals surface area contributed by atoms with E-state index in [2.05, 4.69) is 5.32 Å². The van der Waals surface area contributed by atoms with E-state index < -0.39 is 6.10 Å². The van der Waals surface area contributed by atoms with Gasteiger partial charge in [-0.25, -0.2) is 0 Å². The van der Waals surface area contributed by atoms with Crippen molar-refractivity contribution in [2.75, 3.05) is 13.2 Å². The Morgan fingerprint density at radius 1 is 1.20 bits per heavy atom. The number of nitrogens with one attached hydrogen (secondary N) is 1. The van der Waals surface area contributed by atoms with Crippen LogP contribution in [0.3, 0.4) is 0 Å². The molecule has 1 fully saturated rings. The highest BCUT2D eigenvalue weighted by atomic mass is 16.5. The van der Waals surface area contributed by atoms with Gasteiger partial charge >= 0.3 is 0 Å². The van der Waals surface area contributed by atoms with E-state index in [9.17, 15) is 9.90 Å². The summed E-state index contributed by atoms with van der Waals surface area (Å²) in [7, 11) is 0. The molecule has 1 aliphatic rings. The molecule has 1 atom stereocenters. The lowest BCUT2D eigenvalue weighted by atomic mass is 9.85. The fourth-order valence-electron chi connectivity index (χ4n) is 3.73. The third-order valence-corrected chi connectivity index (χ3v) is 5.08. The fourth-order valence-corrected chi connectivity index (χ4v) is 3.73. The average Bonchev–Trinajstić information content (AvgIpc) is 2.66. The van der Waals surface area contributed by atoms with E-state index in [1.807, 2.05) is 43.3 Å². The molecule has 2 aromatic carbocycles. The maximum absolute atomic E-state index is 12.8. The Bertz CT molecular complexity index is 722. The molecule has 134 valence electrons. The number of hydrogen-bond acceptors (Lipinski definition) is 3. The summed E-state index contributed by atoms with van der Waals surface area (Å²) in [6, 6.07) is 11.6. The highest BCUT2D eigenvalue weighted by molar-refractivity contribution is 6.09. The van der Waals surface area contributed by atoms with Gasteiger partial charge in [-0.3, -0.25) is 4.79 Å². The average molecular weight is 341 g/mol. The zero-order valence-electron chi connectivity index (χ0n) is 14.8. The van der Waals surface area contributed by atoms with Crippen molar-refractivity contribution in [3.05, 3.63) is 42.0 Å². The van der Waals surface area contributed by atoms with Gasteiger partial charge in [0.05, 0.1) is 18.3 Å². The van der Waals surface area contributed by atoms with Crippen LogP contribution in [0.15, 0.2) is 36.4 Å². The first-order chi connectivity index (χ1) is 12.2. The second kappa shape index (κ2) is 8.34. The summed E-state index contributed by atoms with van der Waals surface area (Å²) < 4.78 is 5.67. The summed E-state index contributed by atoms with van der Waals surface area (Å²) in [4.78, 5) is 12.8. The Morgan fingerprint density at radius 3 is 2.72 bits per heavy atom. The molecular weight excluding hydrogens is 314 g/mol. The summed E-state index contributed by atoms with van der Waals surface area (Å²) in [5.74, 6) is 0.703. The number of amides is 1. The number of aliphatic hydroxyl groups is 1. The molecule has 0 aromatic heterocycles. The maximum atomic E-state index is 12.8. The Labute approximate surface area is 149 Å². The number of ether oxygens (including phenoxy) is 1. The van der Waals surface area contributed by atoms with Crippen molar-refractivity contribution in [2.24, 2.45) is 5.92 Å². The molecule has 0 aliphatic heterocycles. The molecule has 4 heteroatoms. The van der Waals surface area contributed by atoms with E-state index in [0.29, 0.717) is 23.8 Å². The molecule has 2 aromatic rings. The predicted octanol–water partition coefficient (Wildman–Crippen LogP) is 3.91. The van der Waals surface area contributed by atoms with Crippen LogP contribution in [0, 0.1) is 5.92 Å². The van der Waals surface area contributed by atoms with Gasteiger partial charge in [-0.2, -0.15) is 0 Å². The molecular formula is C21H27NO3. The summed E-state index contributed by atoms with van der Waals surface area (Å²) in [6.07, 6.45) is 5.23. The van der Waals surface area contributed by atoms with Crippen LogP contribution in [-0.4, -0.2) is 30.3 Å².